The van der Waals surface area contributed by atoms with E-state index in [2.05, 4.69) is 53.6 Å². The van der Waals surface area contributed by atoms with Gasteiger partial charge in [0.15, 0.2) is 11.5 Å². The van der Waals surface area contributed by atoms with Crippen molar-refractivity contribution < 1.29 is 14.3 Å². The molecular formula is C20H19Br2N3O3. The van der Waals surface area contributed by atoms with Crippen LogP contribution in [0.4, 0.5) is 10.5 Å². The topological polar surface area (TPSA) is 72.0 Å². The summed E-state index contributed by atoms with van der Waals surface area (Å²) in [6.07, 6.45) is 6.75. The molecule has 0 aliphatic rings. The number of hydrazone groups is 1. The maximum Gasteiger partial charge on any atom is 0.339 e. The number of nitrogens with one attached hydrogen (secondary N) is 2. The summed E-state index contributed by atoms with van der Waals surface area (Å²) in [5.74, 6) is 3.47. The number of urea groups is 1. The van der Waals surface area contributed by atoms with E-state index in [1.54, 1.807) is 18.2 Å². The quantitative estimate of drug-likeness (QED) is 0.311. The zero-order chi connectivity index (χ0) is 20.5. The molecule has 28 heavy (non-hydrogen) atoms. The van der Waals surface area contributed by atoms with Crippen molar-refractivity contribution in [3.8, 4) is 23.8 Å². The molecule has 2 N–H and O–H groups in total. The number of anilines is 1. The predicted octanol–water partition coefficient (Wildman–Crippen LogP) is 5.09. The largest absolute Gasteiger partial charge is 0.490 e. The highest BCUT2D eigenvalue weighted by molar-refractivity contribution is 9.10. The van der Waals surface area contributed by atoms with Crippen LogP contribution in [0.1, 0.15) is 18.1 Å². The van der Waals surface area contributed by atoms with Gasteiger partial charge in [-0.15, -0.1) is 6.42 Å². The molecule has 2 rings (SSSR count). The Balaban J connectivity index is 2.05. The van der Waals surface area contributed by atoms with E-state index in [1.165, 1.54) is 6.21 Å². The van der Waals surface area contributed by atoms with Gasteiger partial charge < -0.3 is 14.8 Å². The van der Waals surface area contributed by atoms with Crippen LogP contribution in [0.2, 0.25) is 0 Å². The first-order chi connectivity index (χ1) is 13.4. The zero-order valence-corrected chi connectivity index (χ0v) is 18.6. The van der Waals surface area contributed by atoms with Crippen LogP contribution in [0.5, 0.6) is 11.5 Å². The summed E-state index contributed by atoms with van der Waals surface area (Å²) in [5.41, 5.74) is 4.83. The second kappa shape index (κ2) is 10.7. The summed E-state index contributed by atoms with van der Waals surface area (Å²) < 4.78 is 12.8. The molecule has 0 radical (unpaired) electrons. The Bertz CT molecular complexity index is 924. The lowest BCUT2D eigenvalue weighted by molar-refractivity contribution is 0.252. The van der Waals surface area contributed by atoms with Gasteiger partial charge in [0, 0.05) is 10.2 Å². The summed E-state index contributed by atoms with van der Waals surface area (Å²) in [6, 6.07) is 8.60. The number of amides is 2. The third kappa shape index (κ3) is 6.29. The van der Waals surface area contributed by atoms with Gasteiger partial charge in [-0.2, -0.15) is 5.10 Å². The molecule has 0 saturated heterocycles. The SMILES string of the molecule is C#CCOc1c(Br)cc(/C=N/NC(=O)Nc2ccc(Br)c(C)c2)cc1OCC. The third-order valence-corrected chi connectivity index (χ3v) is 4.91. The van der Waals surface area contributed by atoms with Crippen LogP contribution in [0.15, 0.2) is 44.4 Å². The van der Waals surface area contributed by atoms with Gasteiger partial charge in [0.05, 0.1) is 17.3 Å². The highest BCUT2D eigenvalue weighted by Crippen LogP contribution is 2.36. The molecule has 0 saturated carbocycles. The highest BCUT2D eigenvalue weighted by Gasteiger charge is 2.11. The summed E-state index contributed by atoms with van der Waals surface area (Å²) in [7, 11) is 0. The van der Waals surface area contributed by atoms with Crippen LogP contribution in [-0.4, -0.2) is 25.5 Å². The fourth-order valence-electron chi connectivity index (χ4n) is 2.23. The lowest BCUT2D eigenvalue weighted by Gasteiger charge is -2.13. The number of rotatable bonds is 7. The van der Waals surface area contributed by atoms with E-state index >= 15 is 0 Å². The van der Waals surface area contributed by atoms with Crippen LogP contribution in [-0.2, 0) is 0 Å². The number of halogens is 2. The first-order valence-corrected chi connectivity index (χ1v) is 9.92. The van der Waals surface area contributed by atoms with Crippen molar-refractivity contribution in [2.45, 2.75) is 13.8 Å². The molecule has 146 valence electrons. The van der Waals surface area contributed by atoms with E-state index in [1.807, 2.05) is 26.0 Å². The molecule has 0 atom stereocenters. The van der Waals surface area contributed by atoms with Crippen LogP contribution in [0.25, 0.3) is 0 Å². The predicted molar refractivity (Wildman–Crippen MR) is 118 cm³/mol. The number of aryl methyl sites for hydroxylation is 1. The van der Waals surface area contributed by atoms with E-state index in [9.17, 15) is 4.79 Å². The minimum absolute atomic E-state index is 0.128. The first kappa shape index (κ1) is 21.8. The van der Waals surface area contributed by atoms with Crippen LogP contribution < -0.4 is 20.2 Å². The molecule has 0 bridgehead atoms. The monoisotopic (exact) mass is 507 g/mol. The molecule has 8 heteroatoms. The number of hydrogen-bond acceptors (Lipinski definition) is 4. The molecule has 2 aromatic carbocycles. The van der Waals surface area contributed by atoms with Crippen molar-refractivity contribution in [3.63, 3.8) is 0 Å². The maximum absolute atomic E-state index is 12.0. The van der Waals surface area contributed by atoms with Crippen molar-refractivity contribution in [1.82, 2.24) is 5.43 Å². The Morgan fingerprint density at radius 3 is 2.71 bits per heavy atom. The Labute approximate surface area is 180 Å². The van der Waals surface area contributed by atoms with Crippen LogP contribution in [0.3, 0.4) is 0 Å². The number of carbonyl (C=O) groups is 1. The van der Waals surface area contributed by atoms with Gasteiger partial charge in [-0.1, -0.05) is 21.9 Å². The van der Waals surface area contributed by atoms with Gasteiger partial charge in [-0.05, 0) is 71.2 Å². The minimum atomic E-state index is -0.448. The van der Waals surface area contributed by atoms with Crippen LogP contribution in [0, 0.1) is 19.3 Å². The molecule has 0 fully saturated rings. The maximum atomic E-state index is 12.0. The number of benzene rings is 2. The van der Waals surface area contributed by atoms with E-state index in [4.69, 9.17) is 15.9 Å². The number of nitrogens with zero attached hydrogens (tertiary/aromatic N) is 1. The number of hydrogen-bond donors (Lipinski definition) is 2. The van der Waals surface area contributed by atoms with E-state index in [-0.39, 0.29) is 6.61 Å². The normalized spacial score (nSPS) is 10.4. The smallest absolute Gasteiger partial charge is 0.339 e. The highest BCUT2D eigenvalue weighted by atomic mass is 79.9. The van der Waals surface area contributed by atoms with Crippen molar-refractivity contribution in [2.24, 2.45) is 5.10 Å². The van der Waals surface area contributed by atoms with E-state index < -0.39 is 6.03 Å². The Morgan fingerprint density at radius 2 is 2.04 bits per heavy atom. The second-order valence-electron chi connectivity index (χ2n) is 5.54. The molecule has 2 aromatic rings. The Kier molecular flexibility index (Phi) is 8.36. The van der Waals surface area contributed by atoms with Gasteiger partial charge in [0.2, 0.25) is 0 Å². The fraction of sp³-hybridized carbons (Fsp3) is 0.200. The van der Waals surface area contributed by atoms with E-state index in [0.29, 0.717) is 33.8 Å². The van der Waals surface area contributed by atoms with Gasteiger partial charge in [0.1, 0.15) is 6.61 Å². The molecule has 0 aliphatic carbocycles. The number of terminal acetylenes is 1. The molecule has 0 aliphatic heterocycles. The fourth-order valence-corrected chi connectivity index (χ4v) is 3.05. The van der Waals surface area contributed by atoms with Gasteiger partial charge in [-0.25, -0.2) is 10.2 Å². The third-order valence-electron chi connectivity index (χ3n) is 3.43. The Morgan fingerprint density at radius 1 is 1.25 bits per heavy atom. The molecule has 2 amide bonds. The van der Waals surface area contributed by atoms with Crippen molar-refractivity contribution in [2.75, 3.05) is 18.5 Å². The summed E-state index contributed by atoms with van der Waals surface area (Å²) >= 11 is 6.86. The second-order valence-corrected chi connectivity index (χ2v) is 7.25. The first-order valence-electron chi connectivity index (χ1n) is 8.33. The molecule has 0 aromatic heterocycles. The molecule has 6 nitrogen and oxygen atoms in total. The van der Waals surface area contributed by atoms with Gasteiger partial charge >= 0.3 is 6.03 Å². The molecule has 0 unspecified atom stereocenters. The minimum Gasteiger partial charge on any atom is -0.490 e. The molecular weight excluding hydrogens is 490 g/mol. The van der Waals surface area contributed by atoms with Crippen molar-refractivity contribution >= 4 is 49.8 Å². The average Bonchev–Trinajstić information content (AvgIpc) is 2.64. The number of carbonyl (C=O) groups excluding carboxylic acids is 1. The lowest BCUT2D eigenvalue weighted by Crippen LogP contribution is -2.24. The van der Waals surface area contributed by atoms with Gasteiger partial charge in [-0.3, -0.25) is 0 Å². The zero-order valence-electron chi connectivity index (χ0n) is 15.4. The van der Waals surface area contributed by atoms with Gasteiger partial charge in [0.25, 0.3) is 0 Å². The number of ether oxygens (including phenoxy) is 2. The molecule has 0 spiro atoms. The lowest BCUT2D eigenvalue weighted by atomic mass is 10.2. The van der Waals surface area contributed by atoms with E-state index in [0.717, 1.165) is 10.0 Å². The van der Waals surface area contributed by atoms with Crippen molar-refractivity contribution in [1.29, 1.82) is 0 Å². The van der Waals surface area contributed by atoms with Crippen LogP contribution >= 0.6 is 31.9 Å². The summed E-state index contributed by atoms with van der Waals surface area (Å²) in [4.78, 5) is 12.0. The average molecular weight is 509 g/mol. The molecule has 0 heterocycles. The summed E-state index contributed by atoms with van der Waals surface area (Å²) in [6.45, 7) is 4.40. The summed E-state index contributed by atoms with van der Waals surface area (Å²) in [5, 5.41) is 6.68. The standard InChI is InChI=1S/C20H19Br2N3O3/c1-4-8-28-19-17(22)10-14(11-18(19)27-5-2)12-23-25-20(26)24-15-6-7-16(21)13(3)9-15/h1,6-7,9-12H,5,8H2,2-3H3,(H2,24,25,26)/b23-12+. The van der Waals surface area contributed by atoms with Crippen molar-refractivity contribution in [3.05, 3.63) is 50.4 Å². The Hall–Kier alpha value is -2.50.